The first-order valence-electron chi connectivity index (χ1n) is 7.50. The van der Waals surface area contributed by atoms with Crippen molar-refractivity contribution in [3.63, 3.8) is 0 Å². The Balaban J connectivity index is 2.22. The van der Waals surface area contributed by atoms with Gasteiger partial charge in [-0.15, -0.1) is 0 Å². The fourth-order valence-electron chi connectivity index (χ4n) is 3.01. The smallest absolute Gasteiger partial charge is 0.167 e. The Hall–Kier alpha value is -1.49. The molecule has 0 aromatic heterocycles. The van der Waals surface area contributed by atoms with Crippen molar-refractivity contribution in [1.82, 2.24) is 4.90 Å². The average Bonchev–Trinajstić information content (AvgIpc) is 2.36. The fourth-order valence-corrected chi connectivity index (χ4v) is 3.01. The van der Waals surface area contributed by atoms with Gasteiger partial charge < -0.3 is 20.3 Å². The molecular weight excluding hydrogens is 269 g/mol. The van der Waals surface area contributed by atoms with E-state index < -0.39 is 5.82 Å². The van der Waals surface area contributed by atoms with Crippen LogP contribution in [0.3, 0.4) is 0 Å². The Morgan fingerprint density at radius 1 is 1.29 bits per heavy atom. The van der Waals surface area contributed by atoms with Crippen LogP contribution in [0.5, 0.6) is 5.75 Å². The van der Waals surface area contributed by atoms with Gasteiger partial charge in [-0.3, -0.25) is 0 Å². The van der Waals surface area contributed by atoms with E-state index in [2.05, 4.69) is 23.9 Å². The summed E-state index contributed by atoms with van der Waals surface area (Å²) in [4.78, 5) is 4.40. The van der Waals surface area contributed by atoms with Gasteiger partial charge in [0.1, 0.15) is 0 Å². The number of ether oxygens (including phenoxy) is 1. The molecule has 0 heterocycles. The van der Waals surface area contributed by atoms with Crippen LogP contribution in [-0.2, 0) is 0 Å². The summed E-state index contributed by atoms with van der Waals surface area (Å²) in [7, 11) is 6.24. The Morgan fingerprint density at radius 2 is 1.95 bits per heavy atom. The number of nitrogens with two attached hydrogens (primary N) is 1. The maximum atomic E-state index is 13.8. The number of anilines is 2. The van der Waals surface area contributed by atoms with Crippen molar-refractivity contribution in [2.75, 3.05) is 44.9 Å². The Morgan fingerprint density at radius 3 is 2.43 bits per heavy atom. The molecule has 1 fully saturated rings. The highest BCUT2D eigenvalue weighted by molar-refractivity contribution is 5.70. The van der Waals surface area contributed by atoms with Crippen molar-refractivity contribution < 1.29 is 9.13 Å². The standard InChI is InChI=1S/C16H26FN3O/c1-5-21-15-10-14(13(18)9-12(15)17)20(4)11-16(19(2)3)7-6-8-16/h9-10H,5-8,11,18H2,1-4H3. The molecule has 1 aromatic carbocycles. The lowest BCUT2D eigenvalue weighted by Crippen LogP contribution is -2.56. The number of rotatable bonds is 6. The molecule has 0 unspecified atom stereocenters. The third-order valence-electron chi connectivity index (χ3n) is 4.56. The van der Waals surface area contributed by atoms with Gasteiger partial charge in [-0.05, 0) is 40.3 Å². The number of halogens is 1. The largest absolute Gasteiger partial charge is 0.491 e. The monoisotopic (exact) mass is 295 g/mol. The van der Waals surface area contributed by atoms with Gasteiger partial charge in [0.05, 0.1) is 18.0 Å². The number of nitrogens with zero attached hydrogens (tertiary/aromatic N) is 2. The summed E-state index contributed by atoms with van der Waals surface area (Å²) in [6.07, 6.45) is 3.63. The van der Waals surface area contributed by atoms with Crippen LogP contribution in [0.1, 0.15) is 26.2 Å². The van der Waals surface area contributed by atoms with Gasteiger partial charge in [-0.2, -0.15) is 0 Å². The second-order valence-electron chi connectivity index (χ2n) is 6.10. The molecule has 1 aromatic rings. The van der Waals surface area contributed by atoms with E-state index in [4.69, 9.17) is 10.5 Å². The lowest BCUT2D eigenvalue weighted by atomic mass is 9.75. The van der Waals surface area contributed by atoms with E-state index >= 15 is 0 Å². The summed E-state index contributed by atoms with van der Waals surface area (Å²) >= 11 is 0. The molecule has 0 amide bonds. The van der Waals surface area contributed by atoms with Crippen LogP contribution in [0.4, 0.5) is 15.8 Å². The molecule has 1 aliphatic rings. The molecule has 0 atom stereocenters. The first-order chi connectivity index (χ1) is 9.89. The topological polar surface area (TPSA) is 41.7 Å². The molecule has 5 heteroatoms. The van der Waals surface area contributed by atoms with Crippen molar-refractivity contribution in [2.45, 2.75) is 31.7 Å². The molecule has 0 spiro atoms. The predicted octanol–water partition coefficient (Wildman–Crippen LogP) is 2.73. The van der Waals surface area contributed by atoms with Crippen LogP contribution in [0.15, 0.2) is 12.1 Å². The quantitative estimate of drug-likeness (QED) is 0.819. The van der Waals surface area contributed by atoms with Crippen LogP contribution < -0.4 is 15.4 Å². The number of nitrogen functional groups attached to an aromatic ring is 1. The van der Waals surface area contributed by atoms with Gasteiger partial charge in [-0.25, -0.2) is 4.39 Å². The van der Waals surface area contributed by atoms with E-state index in [9.17, 15) is 4.39 Å². The maximum Gasteiger partial charge on any atom is 0.167 e. The molecule has 0 radical (unpaired) electrons. The van der Waals surface area contributed by atoms with E-state index in [-0.39, 0.29) is 11.3 Å². The zero-order valence-electron chi connectivity index (χ0n) is 13.4. The highest BCUT2D eigenvalue weighted by Gasteiger charge is 2.40. The molecule has 21 heavy (non-hydrogen) atoms. The highest BCUT2D eigenvalue weighted by atomic mass is 19.1. The molecule has 0 bridgehead atoms. The van der Waals surface area contributed by atoms with Gasteiger partial charge >= 0.3 is 0 Å². The van der Waals surface area contributed by atoms with E-state index in [1.807, 2.05) is 14.0 Å². The van der Waals surface area contributed by atoms with Gasteiger partial charge in [0.25, 0.3) is 0 Å². The van der Waals surface area contributed by atoms with Crippen LogP contribution in [0.2, 0.25) is 0 Å². The number of hydrogen-bond acceptors (Lipinski definition) is 4. The Labute approximate surface area is 126 Å². The molecule has 0 saturated heterocycles. The summed E-state index contributed by atoms with van der Waals surface area (Å²) in [5.74, 6) is -0.140. The molecule has 4 nitrogen and oxygen atoms in total. The molecule has 0 aliphatic heterocycles. The Bertz CT molecular complexity index is 501. The van der Waals surface area contributed by atoms with Crippen molar-refractivity contribution in [1.29, 1.82) is 0 Å². The maximum absolute atomic E-state index is 13.8. The normalized spacial score (nSPS) is 16.7. The third kappa shape index (κ3) is 3.07. The van der Waals surface area contributed by atoms with E-state index in [0.29, 0.717) is 12.3 Å². The first-order valence-corrected chi connectivity index (χ1v) is 7.50. The lowest BCUT2D eigenvalue weighted by molar-refractivity contribution is 0.0683. The SMILES string of the molecule is CCOc1cc(N(C)CC2(N(C)C)CCC2)c(N)cc1F. The summed E-state index contributed by atoms with van der Waals surface area (Å²) in [6.45, 7) is 3.15. The second-order valence-corrected chi connectivity index (χ2v) is 6.10. The van der Waals surface area contributed by atoms with E-state index in [1.54, 1.807) is 6.07 Å². The van der Waals surface area contributed by atoms with Crippen molar-refractivity contribution in [3.05, 3.63) is 17.9 Å². The predicted molar refractivity (Wildman–Crippen MR) is 85.5 cm³/mol. The third-order valence-corrected chi connectivity index (χ3v) is 4.56. The molecule has 2 rings (SSSR count). The zero-order chi connectivity index (χ0) is 15.6. The van der Waals surface area contributed by atoms with Gasteiger partial charge in [-0.1, -0.05) is 0 Å². The average molecular weight is 295 g/mol. The Kier molecular flexibility index (Phi) is 4.61. The van der Waals surface area contributed by atoms with Crippen LogP contribution in [-0.4, -0.2) is 44.7 Å². The number of benzene rings is 1. The molecule has 118 valence electrons. The van der Waals surface area contributed by atoms with Crippen molar-refractivity contribution in [2.24, 2.45) is 0 Å². The van der Waals surface area contributed by atoms with Crippen LogP contribution >= 0.6 is 0 Å². The molecule has 2 N–H and O–H groups in total. The minimum Gasteiger partial charge on any atom is -0.491 e. The lowest BCUT2D eigenvalue weighted by Gasteiger charge is -2.49. The minimum absolute atomic E-state index is 0.196. The molecular formula is C16H26FN3O. The van der Waals surface area contributed by atoms with Gasteiger partial charge in [0, 0.05) is 31.3 Å². The number of hydrogen-bond donors (Lipinski definition) is 1. The van der Waals surface area contributed by atoms with Crippen LogP contribution in [0.25, 0.3) is 0 Å². The zero-order valence-corrected chi connectivity index (χ0v) is 13.4. The fraction of sp³-hybridized carbons (Fsp3) is 0.625. The van der Waals surface area contributed by atoms with Crippen LogP contribution in [0, 0.1) is 5.82 Å². The van der Waals surface area contributed by atoms with Gasteiger partial charge in [0.2, 0.25) is 0 Å². The highest BCUT2D eigenvalue weighted by Crippen LogP contribution is 2.39. The van der Waals surface area contributed by atoms with E-state index in [1.165, 1.54) is 25.3 Å². The number of likely N-dealkylation sites (N-methyl/N-ethyl adjacent to an activating group) is 2. The second kappa shape index (κ2) is 6.10. The van der Waals surface area contributed by atoms with E-state index in [0.717, 1.165) is 12.2 Å². The van der Waals surface area contributed by atoms with Gasteiger partial charge in [0.15, 0.2) is 11.6 Å². The summed E-state index contributed by atoms with van der Waals surface area (Å²) in [5, 5.41) is 0. The molecule has 1 aliphatic carbocycles. The summed E-state index contributed by atoms with van der Waals surface area (Å²) in [6, 6.07) is 3.05. The minimum atomic E-state index is -0.405. The van der Waals surface area contributed by atoms with Crippen molar-refractivity contribution in [3.8, 4) is 5.75 Å². The first kappa shape index (κ1) is 15.9. The molecule has 1 saturated carbocycles. The summed E-state index contributed by atoms with van der Waals surface area (Å²) < 4.78 is 19.1. The summed E-state index contributed by atoms with van der Waals surface area (Å²) in [5.41, 5.74) is 7.46. The van der Waals surface area contributed by atoms with Crippen molar-refractivity contribution >= 4 is 11.4 Å².